The Balaban J connectivity index is 1.67. The van der Waals surface area contributed by atoms with Crippen LogP contribution >= 0.6 is 0 Å². The summed E-state index contributed by atoms with van der Waals surface area (Å²) < 4.78 is 5.81. The van der Waals surface area contributed by atoms with E-state index in [0.29, 0.717) is 18.5 Å². The summed E-state index contributed by atoms with van der Waals surface area (Å²) >= 11 is 0. The molecule has 5 nitrogen and oxygen atoms in total. The normalized spacial score (nSPS) is 22.1. The van der Waals surface area contributed by atoms with Crippen LogP contribution in [0.4, 0.5) is 0 Å². The van der Waals surface area contributed by atoms with E-state index >= 15 is 0 Å². The minimum absolute atomic E-state index is 0.214. The topological polar surface area (TPSA) is 66.8 Å². The number of aliphatic imine (C=N–C) groups is 1. The molecule has 1 aliphatic carbocycles. The van der Waals surface area contributed by atoms with Gasteiger partial charge in [0, 0.05) is 6.04 Å². The molecule has 0 spiro atoms. The van der Waals surface area contributed by atoms with Crippen LogP contribution in [0.25, 0.3) is 0 Å². The Morgan fingerprint density at radius 2 is 2.20 bits per heavy atom. The molecule has 110 valence electrons. The second-order valence-corrected chi connectivity index (χ2v) is 5.85. The molecule has 20 heavy (non-hydrogen) atoms. The summed E-state index contributed by atoms with van der Waals surface area (Å²) in [4.78, 5) is 6.97. The molecule has 2 aliphatic rings. The van der Waals surface area contributed by atoms with Crippen LogP contribution in [0.1, 0.15) is 43.2 Å². The lowest BCUT2D eigenvalue weighted by molar-refractivity contribution is 0.219. The van der Waals surface area contributed by atoms with Crippen LogP contribution in [-0.2, 0) is 0 Å². The van der Waals surface area contributed by atoms with Crippen LogP contribution in [-0.4, -0.2) is 36.5 Å². The number of likely N-dealkylation sites (tertiary alicyclic amines) is 1. The van der Waals surface area contributed by atoms with Gasteiger partial charge in [0.1, 0.15) is 11.5 Å². The summed E-state index contributed by atoms with van der Waals surface area (Å²) in [5.74, 6) is 2.53. The van der Waals surface area contributed by atoms with Gasteiger partial charge in [-0.2, -0.15) is 0 Å². The SMILES string of the molecule is Cc1ccc(C(CN=C(N)NC2CC2)N2CCCC2)o1. The van der Waals surface area contributed by atoms with Crippen LogP contribution in [0.2, 0.25) is 0 Å². The Morgan fingerprint density at radius 1 is 1.45 bits per heavy atom. The van der Waals surface area contributed by atoms with Crippen molar-refractivity contribution in [3.8, 4) is 0 Å². The van der Waals surface area contributed by atoms with Gasteiger partial charge in [-0.05, 0) is 57.8 Å². The molecule has 0 bridgehead atoms. The lowest BCUT2D eigenvalue weighted by Crippen LogP contribution is -2.35. The Hall–Kier alpha value is -1.49. The molecule has 2 fully saturated rings. The number of aryl methyl sites for hydroxylation is 1. The average Bonchev–Trinajstić information content (AvgIpc) is 2.91. The summed E-state index contributed by atoms with van der Waals surface area (Å²) in [6.07, 6.45) is 4.94. The van der Waals surface area contributed by atoms with Crippen LogP contribution < -0.4 is 11.1 Å². The van der Waals surface area contributed by atoms with Crippen molar-refractivity contribution in [2.75, 3.05) is 19.6 Å². The molecule has 0 amide bonds. The Morgan fingerprint density at radius 3 is 2.80 bits per heavy atom. The van der Waals surface area contributed by atoms with Crippen molar-refractivity contribution in [2.45, 2.75) is 44.7 Å². The number of hydrogen-bond acceptors (Lipinski definition) is 3. The lowest BCUT2D eigenvalue weighted by atomic mass is 10.2. The quantitative estimate of drug-likeness (QED) is 0.635. The zero-order valence-corrected chi connectivity index (χ0v) is 12.1. The van der Waals surface area contributed by atoms with Crippen molar-refractivity contribution in [1.82, 2.24) is 10.2 Å². The van der Waals surface area contributed by atoms with Gasteiger partial charge in [0.15, 0.2) is 5.96 Å². The van der Waals surface area contributed by atoms with Gasteiger partial charge in [-0.3, -0.25) is 9.89 Å². The zero-order chi connectivity index (χ0) is 13.9. The maximum atomic E-state index is 5.93. The first-order valence-electron chi connectivity index (χ1n) is 7.59. The number of guanidine groups is 1. The molecule has 3 rings (SSSR count). The van der Waals surface area contributed by atoms with E-state index in [0.717, 1.165) is 24.6 Å². The van der Waals surface area contributed by atoms with Gasteiger partial charge in [-0.1, -0.05) is 0 Å². The lowest BCUT2D eigenvalue weighted by Gasteiger charge is -2.24. The number of nitrogens with one attached hydrogen (secondary N) is 1. The van der Waals surface area contributed by atoms with Gasteiger partial charge in [-0.15, -0.1) is 0 Å². The highest BCUT2D eigenvalue weighted by atomic mass is 16.3. The van der Waals surface area contributed by atoms with Gasteiger partial charge in [0.2, 0.25) is 0 Å². The molecule has 1 unspecified atom stereocenters. The molecule has 1 saturated carbocycles. The Bertz CT molecular complexity index is 472. The minimum Gasteiger partial charge on any atom is -0.465 e. The molecule has 5 heteroatoms. The second kappa shape index (κ2) is 5.87. The molecule has 3 N–H and O–H groups in total. The van der Waals surface area contributed by atoms with E-state index in [1.54, 1.807) is 0 Å². The zero-order valence-electron chi connectivity index (χ0n) is 12.1. The number of rotatable bonds is 5. The number of nitrogens with zero attached hydrogens (tertiary/aromatic N) is 2. The predicted molar refractivity (Wildman–Crippen MR) is 79.6 cm³/mol. The highest BCUT2D eigenvalue weighted by Crippen LogP contribution is 2.27. The fourth-order valence-corrected chi connectivity index (χ4v) is 2.74. The Kier molecular flexibility index (Phi) is 3.96. The third kappa shape index (κ3) is 3.33. The highest BCUT2D eigenvalue weighted by Gasteiger charge is 2.26. The molecule has 1 atom stereocenters. The number of hydrogen-bond donors (Lipinski definition) is 2. The van der Waals surface area contributed by atoms with E-state index in [9.17, 15) is 0 Å². The monoisotopic (exact) mass is 276 g/mol. The third-order valence-electron chi connectivity index (χ3n) is 4.03. The maximum Gasteiger partial charge on any atom is 0.188 e. The van der Waals surface area contributed by atoms with Crippen LogP contribution in [0.3, 0.4) is 0 Å². The minimum atomic E-state index is 0.214. The van der Waals surface area contributed by atoms with Gasteiger partial charge in [0.05, 0.1) is 12.6 Å². The molecule has 1 aromatic rings. The molecule has 1 aliphatic heterocycles. The summed E-state index contributed by atoms with van der Waals surface area (Å²) in [6, 6.07) is 4.85. The third-order valence-corrected chi connectivity index (χ3v) is 4.03. The largest absolute Gasteiger partial charge is 0.465 e. The summed E-state index contributed by atoms with van der Waals surface area (Å²) in [7, 11) is 0. The van der Waals surface area contributed by atoms with Gasteiger partial charge >= 0.3 is 0 Å². The first-order chi connectivity index (χ1) is 9.72. The van der Waals surface area contributed by atoms with Gasteiger partial charge in [-0.25, -0.2) is 0 Å². The number of furan rings is 1. The van der Waals surface area contributed by atoms with Crippen LogP contribution in [0, 0.1) is 6.92 Å². The molecule has 0 aromatic carbocycles. The first-order valence-corrected chi connectivity index (χ1v) is 7.59. The van der Waals surface area contributed by atoms with Gasteiger partial charge < -0.3 is 15.5 Å². The fourth-order valence-electron chi connectivity index (χ4n) is 2.74. The molecular weight excluding hydrogens is 252 g/mol. The number of nitrogens with two attached hydrogens (primary N) is 1. The van der Waals surface area contributed by atoms with E-state index in [4.69, 9.17) is 10.2 Å². The smallest absolute Gasteiger partial charge is 0.188 e. The molecular formula is C15H24N4O. The molecule has 1 saturated heterocycles. The molecule has 1 aromatic heterocycles. The van der Waals surface area contributed by atoms with Crippen molar-refractivity contribution in [3.05, 3.63) is 23.7 Å². The summed E-state index contributed by atoms with van der Waals surface area (Å²) in [6.45, 7) is 4.89. The van der Waals surface area contributed by atoms with E-state index in [1.807, 2.05) is 13.0 Å². The van der Waals surface area contributed by atoms with E-state index in [-0.39, 0.29) is 6.04 Å². The van der Waals surface area contributed by atoms with Crippen molar-refractivity contribution in [2.24, 2.45) is 10.7 Å². The predicted octanol–water partition coefficient (Wildman–Crippen LogP) is 1.79. The highest BCUT2D eigenvalue weighted by molar-refractivity contribution is 5.78. The van der Waals surface area contributed by atoms with E-state index in [2.05, 4.69) is 21.3 Å². The van der Waals surface area contributed by atoms with Crippen molar-refractivity contribution < 1.29 is 4.42 Å². The van der Waals surface area contributed by atoms with Crippen molar-refractivity contribution in [3.63, 3.8) is 0 Å². The standard InChI is InChI=1S/C15H24N4O/c1-11-4-7-14(20-11)13(19-8-2-3-9-19)10-17-15(16)18-12-5-6-12/h4,7,12-13H,2-3,5-6,8-10H2,1H3,(H3,16,17,18). The summed E-state index contributed by atoms with van der Waals surface area (Å²) in [5.41, 5.74) is 5.93. The van der Waals surface area contributed by atoms with Crippen molar-refractivity contribution >= 4 is 5.96 Å². The van der Waals surface area contributed by atoms with Crippen LogP contribution in [0.5, 0.6) is 0 Å². The first kappa shape index (κ1) is 13.5. The van der Waals surface area contributed by atoms with E-state index < -0.39 is 0 Å². The average molecular weight is 276 g/mol. The summed E-state index contributed by atoms with van der Waals surface area (Å²) in [5, 5.41) is 3.24. The fraction of sp³-hybridized carbons (Fsp3) is 0.667. The van der Waals surface area contributed by atoms with Gasteiger partial charge in [0.25, 0.3) is 0 Å². The molecule has 0 radical (unpaired) electrons. The van der Waals surface area contributed by atoms with Crippen molar-refractivity contribution in [1.29, 1.82) is 0 Å². The van der Waals surface area contributed by atoms with E-state index in [1.165, 1.54) is 25.7 Å². The second-order valence-electron chi connectivity index (χ2n) is 5.85. The maximum absolute atomic E-state index is 5.93. The Labute approximate surface area is 120 Å². The molecule has 2 heterocycles. The van der Waals surface area contributed by atoms with Crippen LogP contribution in [0.15, 0.2) is 21.5 Å².